The summed E-state index contributed by atoms with van der Waals surface area (Å²) in [6.45, 7) is 2.21. The van der Waals surface area contributed by atoms with E-state index in [0.717, 1.165) is 26.7 Å². The molecule has 1 aliphatic heterocycles. The van der Waals surface area contributed by atoms with Gasteiger partial charge in [-0.25, -0.2) is 0 Å². The Morgan fingerprint density at radius 2 is 2.00 bits per heavy atom. The standard InChI is InChI=1S/C24H18BrClN4O2/c1-13-9-19(31)17(10-18(13)26)21-20-22(29-28-21)24(32)30(12-14-3-2-8-27-11-14)23(20)15-4-6-16(25)7-5-15/h2-11,23,31H,12H2,1H3,(H,28,29)/t23-/m1/s1. The van der Waals surface area contributed by atoms with Gasteiger partial charge in [-0.15, -0.1) is 0 Å². The summed E-state index contributed by atoms with van der Waals surface area (Å²) in [5, 5.41) is 18.5. The summed E-state index contributed by atoms with van der Waals surface area (Å²) < 4.78 is 0.944. The predicted octanol–water partition coefficient (Wildman–Crippen LogP) is 5.65. The first-order valence-electron chi connectivity index (χ1n) is 9.97. The topological polar surface area (TPSA) is 82.1 Å². The number of benzene rings is 2. The van der Waals surface area contributed by atoms with E-state index >= 15 is 0 Å². The molecular weight excluding hydrogens is 492 g/mol. The Kier molecular flexibility index (Phi) is 5.23. The lowest BCUT2D eigenvalue weighted by atomic mass is 9.95. The van der Waals surface area contributed by atoms with Crippen LogP contribution in [0.1, 0.15) is 38.8 Å². The quantitative estimate of drug-likeness (QED) is 0.373. The predicted molar refractivity (Wildman–Crippen MR) is 126 cm³/mol. The van der Waals surface area contributed by atoms with Gasteiger partial charge in [0.05, 0.1) is 6.04 Å². The molecule has 6 nitrogen and oxygen atoms in total. The number of phenols is 1. The van der Waals surface area contributed by atoms with Crippen LogP contribution in [0.15, 0.2) is 65.4 Å². The van der Waals surface area contributed by atoms with E-state index in [1.54, 1.807) is 29.4 Å². The normalized spacial score (nSPS) is 15.3. The molecule has 2 aromatic carbocycles. The summed E-state index contributed by atoms with van der Waals surface area (Å²) in [4.78, 5) is 19.4. The lowest BCUT2D eigenvalue weighted by Gasteiger charge is -2.26. The molecule has 1 amide bonds. The van der Waals surface area contributed by atoms with Gasteiger partial charge in [0, 0.05) is 39.6 Å². The molecule has 8 heteroatoms. The number of hydrogen-bond donors (Lipinski definition) is 2. The zero-order valence-corrected chi connectivity index (χ0v) is 19.4. The largest absolute Gasteiger partial charge is 0.507 e. The first kappa shape index (κ1) is 20.7. The molecule has 0 bridgehead atoms. The molecule has 1 atom stereocenters. The average Bonchev–Trinajstić information content (AvgIpc) is 3.32. The van der Waals surface area contributed by atoms with Crippen LogP contribution in [0.3, 0.4) is 0 Å². The highest BCUT2D eigenvalue weighted by Crippen LogP contribution is 2.46. The van der Waals surface area contributed by atoms with E-state index in [4.69, 9.17) is 11.6 Å². The van der Waals surface area contributed by atoms with Crippen LogP contribution in [0.4, 0.5) is 0 Å². The minimum atomic E-state index is -0.390. The number of nitrogens with zero attached hydrogens (tertiary/aromatic N) is 3. The zero-order chi connectivity index (χ0) is 22.4. The second-order valence-electron chi connectivity index (χ2n) is 7.73. The average molecular weight is 510 g/mol. The molecule has 0 saturated heterocycles. The molecule has 160 valence electrons. The highest BCUT2D eigenvalue weighted by atomic mass is 79.9. The smallest absolute Gasteiger partial charge is 0.273 e. The molecule has 0 aliphatic carbocycles. The van der Waals surface area contributed by atoms with E-state index < -0.39 is 0 Å². The van der Waals surface area contributed by atoms with Gasteiger partial charge >= 0.3 is 0 Å². The number of carbonyl (C=O) groups excluding carboxylic acids is 1. The van der Waals surface area contributed by atoms with Crippen molar-refractivity contribution in [3.8, 4) is 17.0 Å². The maximum Gasteiger partial charge on any atom is 0.273 e. The van der Waals surface area contributed by atoms with Crippen molar-refractivity contribution in [2.75, 3.05) is 0 Å². The number of aryl methyl sites for hydroxylation is 1. The van der Waals surface area contributed by atoms with Crippen molar-refractivity contribution in [3.63, 3.8) is 0 Å². The van der Waals surface area contributed by atoms with E-state index in [-0.39, 0.29) is 17.7 Å². The lowest BCUT2D eigenvalue weighted by molar-refractivity contribution is 0.0730. The molecule has 3 heterocycles. The number of carbonyl (C=O) groups is 1. The number of fused-ring (bicyclic) bond motifs is 1. The van der Waals surface area contributed by atoms with E-state index in [0.29, 0.717) is 28.5 Å². The van der Waals surface area contributed by atoms with Gasteiger partial charge in [-0.3, -0.25) is 14.9 Å². The molecular formula is C24H18BrClN4O2. The van der Waals surface area contributed by atoms with Crippen LogP contribution in [-0.2, 0) is 6.54 Å². The van der Waals surface area contributed by atoms with Crippen LogP contribution in [0.2, 0.25) is 5.02 Å². The Bertz CT molecular complexity index is 1320. The van der Waals surface area contributed by atoms with Crippen LogP contribution >= 0.6 is 27.5 Å². The number of pyridine rings is 1. The Morgan fingerprint density at radius 3 is 2.72 bits per heavy atom. The zero-order valence-electron chi connectivity index (χ0n) is 17.0. The highest BCUT2D eigenvalue weighted by molar-refractivity contribution is 9.10. The maximum atomic E-state index is 13.4. The van der Waals surface area contributed by atoms with Gasteiger partial charge in [-0.05, 0) is 53.9 Å². The number of hydrogen-bond acceptors (Lipinski definition) is 4. The van der Waals surface area contributed by atoms with Gasteiger partial charge in [0.1, 0.15) is 17.1 Å². The monoisotopic (exact) mass is 508 g/mol. The van der Waals surface area contributed by atoms with Gasteiger partial charge in [-0.2, -0.15) is 5.10 Å². The summed E-state index contributed by atoms with van der Waals surface area (Å²) in [6, 6.07) is 14.5. The molecule has 0 unspecified atom stereocenters. The lowest BCUT2D eigenvalue weighted by Crippen LogP contribution is -2.29. The number of aromatic amines is 1. The van der Waals surface area contributed by atoms with Crippen molar-refractivity contribution in [1.29, 1.82) is 0 Å². The third-order valence-electron chi connectivity index (χ3n) is 5.66. The summed E-state index contributed by atoms with van der Waals surface area (Å²) in [5.41, 5.74) is 4.74. The van der Waals surface area contributed by atoms with Crippen LogP contribution in [-0.4, -0.2) is 31.1 Å². The second kappa shape index (κ2) is 8.07. The van der Waals surface area contributed by atoms with Crippen LogP contribution in [0.5, 0.6) is 5.75 Å². The van der Waals surface area contributed by atoms with Gasteiger partial charge in [0.2, 0.25) is 0 Å². The Morgan fingerprint density at radius 1 is 1.22 bits per heavy atom. The number of aromatic hydroxyl groups is 1. The maximum absolute atomic E-state index is 13.4. The SMILES string of the molecule is Cc1cc(O)c(-c2n[nH]c3c2[C@@H](c2ccc(Br)cc2)N(Cc2cccnc2)C3=O)cc1Cl. The summed E-state index contributed by atoms with van der Waals surface area (Å²) in [6.07, 6.45) is 3.46. The fraction of sp³-hybridized carbons (Fsp3) is 0.125. The first-order chi connectivity index (χ1) is 15.4. The second-order valence-corrected chi connectivity index (χ2v) is 9.05. The van der Waals surface area contributed by atoms with Gasteiger partial charge in [0.25, 0.3) is 5.91 Å². The fourth-order valence-corrected chi connectivity index (χ4v) is 4.53. The number of amides is 1. The summed E-state index contributed by atoms with van der Waals surface area (Å²) in [5.74, 6) is -0.0952. The molecule has 32 heavy (non-hydrogen) atoms. The molecule has 1 aliphatic rings. The van der Waals surface area contributed by atoms with E-state index in [9.17, 15) is 9.90 Å². The number of H-pyrrole nitrogens is 1. The number of phenolic OH excluding ortho intramolecular Hbond substituents is 1. The number of halogens is 2. The van der Waals surface area contributed by atoms with Gasteiger partial charge in [0.15, 0.2) is 0 Å². The van der Waals surface area contributed by atoms with Crippen LogP contribution < -0.4 is 0 Å². The van der Waals surface area contributed by atoms with E-state index in [1.165, 1.54) is 0 Å². The van der Waals surface area contributed by atoms with Crippen molar-refractivity contribution in [2.24, 2.45) is 0 Å². The van der Waals surface area contributed by atoms with Crippen molar-refractivity contribution in [1.82, 2.24) is 20.1 Å². The van der Waals surface area contributed by atoms with Crippen molar-refractivity contribution in [3.05, 3.63) is 98.4 Å². The molecule has 0 fully saturated rings. The van der Waals surface area contributed by atoms with Crippen molar-refractivity contribution < 1.29 is 9.90 Å². The van der Waals surface area contributed by atoms with Crippen molar-refractivity contribution >= 4 is 33.4 Å². The number of nitrogens with one attached hydrogen (secondary N) is 1. The third-order valence-corrected chi connectivity index (χ3v) is 6.59. The van der Waals surface area contributed by atoms with Gasteiger partial charge in [-0.1, -0.05) is 45.7 Å². The van der Waals surface area contributed by atoms with Crippen molar-refractivity contribution in [2.45, 2.75) is 19.5 Å². The Balaban J connectivity index is 1.68. The third kappa shape index (κ3) is 3.47. The molecule has 4 aromatic rings. The number of aromatic nitrogens is 3. The number of rotatable bonds is 4. The van der Waals surface area contributed by atoms with Crippen LogP contribution in [0, 0.1) is 6.92 Å². The van der Waals surface area contributed by atoms with E-state index in [2.05, 4.69) is 31.1 Å². The van der Waals surface area contributed by atoms with Crippen LogP contribution in [0.25, 0.3) is 11.3 Å². The molecule has 2 N–H and O–H groups in total. The summed E-state index contributed by atoms with van der Waals surface area (Å²) >= 11 is 9.83. The Hall–Kier alpha value is -3.16. The Labute approximate surface area is 198 Å². The molecule has 5 rings (SSSR count). The minimum absolute atomic E-state index is 0.0638. The summed E-state index contributed by atoms with van der Waals surface area (Å²) in [7, 11) is 0. The molecule has 0 saturated carbocycles. The first-order valence-corrected chi connectivity index (χ1v) is 11.1. The molecule has 0 spiro atoms. The highest BCUT2D eigenvalue weighted by Gasteiger charge is 2.42. The fourth-order valence-electron chi connectivity index (χ4n) is 4.10. The van der Waals surface area contributed by atoms with Gasteiger partial charge < -0.3 is 10.0 Å². The molecule has 2 aromatic heterocycles. The minimum Gasteiger partial charge on any atom is -0.507 e. The molecule has 0 radical (unpaired) electrons. The van der Waals surface area contributed by atoms with E-state index in [1.807, 2.05) is 43.3 Å².